The summed E-state index contributed by atoms with van der Waals surface area (Å²) in [5.74, 6) is 0.107. The van der Waals surface area contributed by atoms with Crippen LogP contribution in [0.1, 0.15) is 100 Å². The van der Waals surface area contributed by atoms with Crippen LogP contribution in [0.15, 0.2) is 54.9 Å². The van der Waals surface area contributed by atoms with E-state index in [0.29, 0.717) is 48.7 Å². The Labute approximate surface area is 266 Å². The largest absolute Gasteiger partial charge is 0.478 e. The first kappa shape index (κ1) is 31.2. The van der Waals surface area contributed by atoms with Crippen LogP contribution in [0.4, 0.5) is 5.82 Å². The van der Waals surface area contributed by atoms with Crippen LogP contribution in [-0.4, -0.2) is 81.6 Å². The number of amides is 1. The number of carbonyl (C=O) groups excluding carboxylic acids is 1. The predicted octanol–water partition coefficient (Wildman–Crippen LogP) is 6.00. The maximum absolute atomic E-state index is 13.6. The molecule has 1 aromatic heterocycles. The van der Waals surface area contributed by atoms with Gasteiger partial charge in [0.15, 0.2) is 0 Å². The molecule has 1 amide bonds. The fourth-order valence-electron chi connectivity index (χ4n) is 7.25. The minimum Gasteiger partial charge on any atom is -0.478 e. The number of hydrogen-bond donors (Lipinski definition) is 2. The Morgan fingerprint density at radius 1 is 0.933 bits per heavy atom. The van der Waals surface area contributed by atoms with Crippen LogP contribution >= 0.6 is 0 Å². The van der Waals surface area contributed by atoms with Crippen molar-refractivity contribution in [3.8, 4) is 0 Å². The molecule has 238 valence electrons. The van der Waals surface area contributed by atoms with E-state index in [1.165, 1.54) is 17.5 Å². The third kappa shape index (κ3) is 7.36. The molecule has 0 aliphatic carbocycles. The van der Waals surface area contributed by atoms with Gasteiger partial charge in [-0.1, -0.05) is 42.0 Å². The Kier molecular flexibility index (Phi) is 9.76. The molecule has 3 aliphatic rings. The first-order valence-corrected chi connectivity index (χ1v) is 16.5. The number of ether oxygens (including phenoxy) is 1. The van der Waals surface area contributed by atoms with Gasteiger partial charge in [0.1, 0.15) is 17.8 Å². The van der Waals surface area contributed by atoms with Gasteiger partial charge in [-0.2, -0.15) is 0 Å². The van der Waals surface area contributed by atoms with Crippen molar-refractivity contribution in [1.29, 1.82) is 0 Å². The highest BCUT2D eigenvalue weighted by Crippen LogP contribution is 2.33. The van der Waals surface area contributed by atoms with Gasteiger partial charge < -0.3 is 20.1 Å². The van der Waals surface area contributed by atoms with Gasteiger partial charge >= 0.3 is 5.97 Å². The van der Waals surface area contributed by atoms with E-state index in [9.17, 15) is 14.7 Å². The van der Waals surface area contributed by atoms with Crippen LogP contribution in [-0.2, 0) is 4.74 Å². The van der Waals surface area contributed by atoms with E-state index in [0.717, 1.165) is 69.2 Å². The average molecular weight is 612 g/mol. The summed E-state index contributed by atoms with van der Waals surface area (Å²) in [4.78, 5) is 38.5. The molecule has 3 aromatic rings. The summed E-state index contributed by atoms with van der Waals surface area (Å²) in [5.41, 5.74) is 5.17. The lowest BCUT2D eigenvalue weighted by Gasteiger charge is -2.42. The van der Waals surface area contributed by atoms with Crippen LogP contribution in [0.5, 0.6) is 0 Å². The van der Waals surface area contributed by atoms with E-state index in [-0.39, 0.29) is 18.1 Å². The molecule has 0 spiro atoms. The molecular weight excluding hydrogens is 566 g/mol. The molecule has 1 unspecified atom stereocenters. The lowest BCUT2D eigenvalue weighted by molar-refractivity contribution is -0.0442. The van der Waals surface area contributed by atoms with Gasteiger partial charge in [0.25, 0.3) is 5.91 Å². The summed E-state index contributed by atoms with van der Waals surface area (Å²) < 4.78 is 6.44. The number of carboxylic acid groups (broad SMARTS) is 1. The number of rotatable bonds is 8. The Hall–Kier alpha value is -3.82. The molecule has 2 N–H and O–H groups in total. The SMILES string of the molecule is Cc1ccc([C@@H]2CCC[C@H](CNc3ncnc(C(=O)N4CCC(N5CCCC(c6cccc(C(=O)O)c6)C5)CC4)c3C)O2)cc1. The van der Waals surface area contributed by atoms with Crippen molar-refractivity contribution in [1.82, 2.24) is 19.8 Å². The van der Waals surface area contributed by atoms with E-state index in [4.69, 9.17) is 4.74 Å². The topological polar surface area (TPSA) is 108 Å². The first-order valence-electron chi connectivity index (χ1n) is 16.5. The number of hydrogen-bond acceptors (Lipinski definition) is 7. The zero-order valence-electron chi connectivity index (χ0n) is 26.5. The first-order chi connectivity index (χ1) is 21.9. The highest BCUT2D eigenvalue weighted by atomic mass is 16.5. The van der Waals surface area contributed by atoms with E-state index < -0.39 is 5.97 Å². The summed E-state index contributed by atoms with van der Waals surface area (Å²) in [6.07, 6.45) is 8.81. The Morgan fingerprint density at radius 3 is 2.51 bits per heavy atom. The number of benzene rings is 2. The van der Waals surface area contributed by atoms with Crippen molar-refractivity contribution >= 4 is 17.7 Å². The standard InChI is InChI=1S/C36H45N5O4/c1-24-11-13-26(14-12-24)32-10-4-9-31(45-32)21-37-34-25(2)33(38-23-39-34)35(42)40-18-15-30(16-19-40)41-17-5-8-29(22-41)27-6-3-7-28(20-27)36(43)44/h3,6-7,11-14,20,23,29-32H,4-5,8-10,15-19,21-22H2,1-2H3,(H,43,44)(H,37,38,39)/t29?,31-,32+/m1/s1. The summed E-state index contributed by atoms with van der Waals surface area (Å²) in [6, 6.07) is 16.4. The Balaban J connectivity index is 1.02. The van der Waals surface area contributed by atoms with Gasteiger partial charge in [0, 0.05) is 37.8 Å². The maximum atomic E-state index is 13.6. The fraction of sp³-hybridized carbons (Fsp3) is 0.500. The van der Waals surface area contributed by atoms with Crippen LogP contribution in [0.2, 0.25) is 0 Å². The lowest BCUT2D eigenvalue weighted by atomic mass is 9.88. The lowest BCUT2D eigenvalue weighted by Crippen LogP contribution is -2.49. The smallest absolute Gasteiger partial charge is 0.335 e. The molecule has 6 rings (SSSR count). The molecule has 2 aromatic carbocycles. The molecule has 3 fully saturated rings. The van der Waals surface area contributed by atoms with Crippen molar-refractivity contribution in [3.63, 3.8) is 0 Å². The quantitative estimate of drug-likeness (QED) is 0.320. The van der Waals surface area contributed by atoms with Gasteiger partial charge in [0.2, 0.25) is 0 Å². The second-order valence-electron chi connectivity index (χ2n) is 13.0. The van der Waals surface area contributed by atoms with Crippen LogP contribution in [0.25, 0.3) is 0 Å². The normalized spacial score (nSPS) is 23.1. The molecular formula is C36H45N5O4. The van der Waals surface area contributed by atoms with Crippen molar-refractivity contribution in [2.24, 2.45) is 0 Å². The number of anilines is 1. The highest BCUT2D eigenvalue weighted by Gasteiger charge is 2.32. The van der Waals surface area contributed by atoms with Crippen molar-refractivity contribution < 1.29 is 19.4 Å². The third-order valence-electron chi connectivity index (χ3n) is 9.91. The number of nitrogens with zero attached hydrogens (tertiary/aromatic N) is 4. The van der Waals surface area contributed by atoms with E-state index >= 15 is 0 Å². The number of aromatic nitrogens is 2. The Morgan fingerprint density at radius 2 is 1.73 bits per heavy atom. The van der Waals surface area contributed by atoms with Crippen LogP contribution in [0, 0.1) is 13.8 Å². The number of likely N-dealkylation sites (tertiary alicyclic amines) is 2. The molecule has 9 heteroatoms. The summed E-state index contributed by atoms with van der Waals surface area (Å²) in [7, 11) is 0. The maximum Gasteiger partial charge on any atom is 0.335 e. The average Bonchev–Trinajstić information content (AvgIpc) is 3.08. The zero-order chi connectivity index (χ0) is 31.3. The minimum atomic E-state index is -0.881. The predicted molar refractivity (Wildman–Crippen MR) is 174 cm³/mol. The van der Waals surface area contributed by atoms with Crippen LogP contribution < -0.4 is 5.32 Å². The second-order valence-corrected chi connectivity index (χ2v) is 13.0. The summed E-state index contributed by atoms with van der Waals surface area (Å²) >= 11 is 0. The van der Waals surface area contributed by atoms with E-state index in [1.807, 2.05) is 24.0 Å². The van der Waals surface area contributed by atoms with Crippen molar-refractivity contribution in [2.45, 2.75) is 83.0 Å². The summed E-state index contributed by atoms with van der Waals surface area (Å²) in [6.45, 7) is 8.02. The number of piperidine rings is 2. The fourth-order valence-corrected chi connectivity index (χ4v) is 7.25. The molecule has 45 heavy (non-hydrogen) atoms. The second kappa shape index (κ2) is 14.1. The molecule has 4 heterocycles. The molecule has 3 saturated heterocycles. The van der Waals surface area contributed by atoms with Crippen molar-refractivity contribution in [3.05, 3.63) is 88.4 Å². The Bertz CT molecular complexity index is 1490. The molecule has 0 saturated carbocycles. The molecule has 0 radical (unpaired) electrons. The monoisotopic (exact) mass is 611 g/mol. The summed E-state index contributed by atoms with van der Waals surface area (Å²) in [5, 5.41) is 12.9. The molecule has 9 nitrogen and oxygen atoms in total. The van der Waals surface area contributed by atoms with Gasteiger partial charge in [-0.15, -0.1) is 0 Å². The molecule has 0 bridgehead atoms. The van der Waals surface area contributed by atoms with Gasteiger partial charge in [-0.05, 0) is 94.5 Å². The number of aryl methyl sites for hydroxylation is 1. The number of aromatic carboxylic acids is 1. The van der Waals surface area contributed by atoms with E-state index in [1.54, 1.807) is 6.07 Å². The number of nitrogens with one attached hydrogen (secondary N) is 1. The van der Waals surface area contributed by atoms with Gasteiger partial charge in [-0.3, -0.25) is 9.69 Å². The van der Waals surface area contributed by atoms with Gasteiger partial charge in [0.05, 0.1) is 17.8 Å². The van der Waals surface area contributed by atoms with Crippen molar-refractivity contribution in [2.75, 3.05) is 38.0 Å². The number of carbonyl (C=O) groups is 2. The van der Waals surface area contributed by atoms with E-state index in [2.05, 4.69) is 57.4 Å². The number of carboxylic acids is 1. The minimum absolute atomic E-state index is 0.0354. The third-order valence-corrected chi connectivity index (χ3v) is 9.91. The van der Waals surface area contributed by atoms with Gasteiger partial charge in [-0.25, -0.2) is 14.8 Å². The highest BCUT2D eigenvalue weighted by molar-refractivity contribution is 5.94. The zero-order valence-corrected chi connectivity index (χ0v) is 26.5. The molecule has 3 aliphatic heterocycles. The van der Waals surface area contributed by atoms with Crippen LogP contribution in [0.3, 0.4) is 0 Å². The molecule has 3 atom stereocenters.